The number of hydrogen-bond donors (Lipinski definition) is 1. The minimum absolute atomic E-state index is 0.0289. The van der Waals surface area contributed by atoms with Gasteiger partial charge in [-0.05, 0) is 35.9 Å². The van der Waals surface area contributed by atoms with Gasteiger partial charge in [0.25, 0.3) is 0 Å². The predicted molar refractivity (Wildman–Crippen MR) is 78.0 cm³/mol. The first-order valence-corrected chi connectivity index (χ1v) is 6.66. The lowest BCUT2D eigenvalue weighted by Crippen LogP contribution is -2.06. The molecule has 0 heterocycles. The standard InChI is InChI=1S/C14H10BrClFNO/c15-10-3-9(4-12(18)6-10)14(19)5-8-1-2-11(16)7-13(8)17/h1-4,6-7H,5,18H2. The molecule has 0 bridgehead atoms. The third-order valence-corrected chi connectivity index (χ3v) is 3.30. The van der Waals surface area contributed by atoms with E-state index in [2.05, 4.69) is 15.9 Å². The van der Waals surface area contributed by atoms with Gasteiger partial charge in [0.05, 0.1) is 0 Å². The molecule has 0 aliphatic rings. The smallest absolute Gasteiger partial charge is 0.167 e. The van der Waals surface area contributed by atoms with Crippen LogP contribution in [0.1, 0.15) is 15.9 Å². The molecule has 2 aromatic carbocycles. The molecule has 0 saturated carbocycles. The van der Waals surface area contributed by atoms with Crippen molar-refractivity contribution in [3.8, 4) is 0 Å². The van der Waals surface area contributed by atoms with E-state index in [1.807, 2.05) is 0 Å². The first-order valence-electron chi connectivity index (χ1n) is 5.49. The maximum Gasteiger partial charge on any atom is 0.167 e. The number of nitrogen functional groups attached to an aromatic ring is 1. The van der Waals surface area contributed by atoms with Crippen LogP contribution in [0.5, 0.6) is 0 Å². The monoisotopic (exact) mass is 341 g/mol. The molecular weight excluding hydrogens is 333 g/mol. The average molecular weight is 343 g/mol. The number of anilines is 1. The Hall–Kier alpha value is -1.39. The fourth-order valence-electron chi connectivity index (χ4n) is 1.71. The van der Waals surface area contributed by atoms with Crippen molar-refractivity contribution >= 4 is 39.0 Å². The molecule has 0 aromatic heterocycles. The highest BCUT2D eigenvalue weighted by Gasteiger charge is 2.12. The van der Waals surface area contributed by atoms with Gasteiger partial charge >= 0.3 is 0 Å². The summed E-state index contributed by atoms with van der Waals surface area (Å²) in [6.45, 7) is 0. The summed E-state index contributed by atoms with van der Waals surface area (Å²) >= 11 is 8.93. The zero-order valence-corrected chi connectivity index (χ0v) is 12.1. The zero-order chi connectivity index (χ0) is 14.0. The van der Waals surface area contributed by atoms with Crippen molar-refractivity contribution in [3.05, 3.63) is 62.8 Å². The number of hydrogen-bond acceptors (Lipinski definition) is 2. The Balaban J connectivity index is 2.25. The number of halogens is 3. The molecule has 0 amide bonds. The first-order chi connectivity index (χ1) is 8.95. The van der Waals surface area contributed by atoms with Gasteiger partial charge in [0.1, 0.15) is 5.82 Å². The van der Waals surface area contributed by atoms with Crippen LogP contribution in [0.4, 0.5) is 10.1 Å². The maximum atomic E-state index is 13.6. The molecule has 5 heteroatoms. The number of carbonyl (C=O) groups is 1. The molecule has 0 saturated heterocycles. The first kappa shape index (κ1) is 14.0. The van der Waals surface area contributed by atoms with E-state index in [1.165, 1.54) is 12.1 Å². The molecule has 0 aliphatic carbocycles. The number of rotatable bonds is 3. The van der Waals surface area contributed by atoms with Gasteiger partial charge in [-0.3, -0.25) is 4.79 Å². The van der Waals surface area contributed by atoms with Crippen LogP contribution in [-0.2, 0) is 6.42 Å². The third kappa shape index (κ3) is 3.55. The summed E-state index contributed by atoms with van der Waals surface area (Å²) in [5.41, 5.74) is 6.91. The maximum absolute atomic E-state index is 13.6. The van der Waals surface area contributed by atoms with Crippen LogP contribution in [0, 0.1) is 5.82 Å². The molecular formula is C14H10BrClFNO. The van der Waals surface area contributed by atoms with Gasteiger partial charge in [-0.15, -0.1) is 0 Å². The minimum atomic E-state index is -0.483. The van der Waals surface area contributed by atoms with Gasteiger partial charge in [0.15, 0.2) is 5.78 Å². The van der Waals surface area contributed by atoms with Crippen molar-refractivity contribution in [2.45, 2.75) is 6.42 Å². The SMILES string of the molecule is Nc1cc(Br)cc(C(=O)Cc2ccc(Cl)cc2F)c1. The zero-order valence-electron chi connectivity index (χ0n) is 9.79. The van der Waals surface area contributed by atoms with E-state index in [4.69, 9.17) is 17.3 Å². The van der Waals surface area contributed by atoms with Crippen LogP contribution in [0.3, 0.4) is 0 Å². The average Bonchev–Trinajstić information content (AvgIpc) is 2.31. The van der Waals surface area contributed by atoms with Crippen LogP contribution < -0.4 is 5.73 Å². The van der Waals surface area contributed by atoms with Gasteiger partial charge < -0.3 is 5.73 Å². The molecule has 0 fully saturated rings. The van der Waals surface area contributed by atoms with Crippen molar-refractivity contribution in [3.63, 3.8) is 0 Å². The van der Waals surface area contributed by atoms with Crippen LogP contribution in [0.2, 0.25) is 5.02 Å². The summed E-state index contributed by atoms with van der Waals surface area (Å²) in [7, 11) is 0. The second kappa shape index (κ2) is 5.72. The fraction of sp³-hybridized carbons (Fsp3) is 0.0714. The summed E-state index contributed by atoms with van der Waals surface area (Å²) in [6, 6.07) is 9.19. The van der Waals surface area contributed by atoms with E-state index in [0.717, 1.165) is 0 Å². The third-order valence-electron chi connectivity index (χ3n) is 2.61. The lowest BCUT2D eigenvalue weighted by atomic mass is 10.0. The van der Waals surface area contributed by atoms with E-state index in [9.17, 15) is 9.18 Å². The van der Waals surface area contributed by atoms with E-state index in [0.29, 0.717) is 26.3 Å². The molecule has 2 rings (SSSR count). The Morgan fingerprint density at radius 2 is 2.00 bits per heavy atom. The highest BCUT2D eigenvalue weighted by atomic mass is 79.9. The van der Waals surface area contributed by atoms with E-state index >= 15 is 0 Å². The van der Waals surface area contributed by atoms with Crippen molar-refractivity contribution in [2.24, 2.45) is 0 Å². The van der Waals surface area contributed by atoms with E-state index in [-0.39, 0.29) is 12.2 Å². The summed E-state index contributed by atoms with van der Waals surface area (Å²) < 4.78 is 14.3. The van der Waals surface area contributed by atoms with Gasteiger partial charge in [0.2, 0.25) is 0 Å². The molecule has 2 aromatic rings. The van der Waals surface area contributed by atoms with Crippen LogP contribution in [-0.4, -0.2) is 5.78 Å². The summed E-state index contributed by atoms with van der Waals surface area (Å²) in [6.07, 6.45) is -0.0289. The predicted octanol–water partition coefficient (Wildman–Crippen LogP) is 4.25. The number of benzene rings is 2. The molecule has 0 spiro atoms. The van der Waals surface area contributed by atoms with Crippen LogP contribution >= 0.6 is 27.5 Å². The van der Waals surface area contributed by atoms with E-state index in [1.54, 1.807) is 24.3 Å². The number of nitrogens with two attached hydrogens (primary N) is 1. The molecule has 0 unspecified atom stereocenters. The summed E-state index contributed by atoms with van der Waals surface area (Å²) in [5.74, 6) is -0.682. The highest BCUT2D eigenvalue weighted by molar-refractivity contribution is 9.10. The van der Waals surface area contributed by atoms with Gasteiger partial charge in [0, 0.05) is 27.2 Å². The highest BCUT2D eigenvalue weighted by Crippen LogP contribution is 2.20. The van der Waals surface area contributed by atoms with Gasteiger partial charge in [-0.1, -0.05) is 33.6 Å². The topological polar surface area (TPSA) is 43.1 Å². The van der Waals surface area contributed by atoms with Crippen LogP contribution in [0.25, 0.3) is 0 Å². The number of carbonyl (C=O) groups excluding carboxylic acids is 1. The molecule has 98 valence electrons. The number of ketones is 1. The van der Waals surface area contributed by atoms with Crippen molar-refractivity contribution in [2.75, 3.05) is 5.73 Å². The molecule has 0 aliphatic heterocycles. The quantitative estimate of drug-likeness (QED) is 0.669. The fourth-order valence-corrected chi connectivity index (χ4v) is 2.38. The minimum Gasteiger partial charge on any atom is -0.399 e. The molecule has 19 heavy (non-hydrogen) atoms. The van der Waals surface area contributed by atoms with Crippen molar-refractivity contribution < 1.29 is 9.18 Å². The molecule has 2 N–H and O–H groups in total. The Kier molecular flexibility index (Phi) is 4.22. The Bertz CT molecular complexity index is 625. The number of Topliss-reactive ketones (excluding diaryl/α,β-unsaturated/α-hetero) is 1. The Morgan fingerprint density at radius 3 is 2.63 bits per heavy atom. The van der Waals surface area contributed by atoms with Crippen LogP contribution in [0.15, 0.2) is 40.9 Å². The van der Waals surface area contributed by atoms with E-state index < -0.39 is 5.82 Å². The normalized spacial score (nSPS) is 10.5. The largest absolute Gasteiger partial charge is 0.399 e. The van der Waals surface area contributed by atoms with Gasteiger partial charge in [-0.2, -0.15) is 0 Å². The second-order valence-corrected chi connectivity index (χ2v) is 5.46. The van der Waals surface area contributed by atoms with Crippen molar-refractivity contribution in [1.29, 1.82) is 0 Å². The van der Waals surface area contributed by atoms with Crippen molar-refractivity contribution in [1.82, 2.24) is 0 Å². The Morgan fingerprint density at radius 1 is 1.26 bits per heavy atom. The summed E-state index contributed by atoms with van der Waals surface area (Å²) in [4.78, 5) is 12.1. The lowest BCUT2D eigenvalue weighted by molar-refractivity contribution is 0.0992. The lowest BCUT2D eigenvalue weighted by Gasteiger charge is -2.05. The second-order valence-electron chi connectivity index (χ2n) is 4.11. The molecule has 0 radical (unpaired) electrons. The molecule has 0 atom stereocenters. The van der Waals surface area contributed by atoms with Gasteiger partial charge in [-0.25, -0.2) is 4.39 Å². The molecule has 2 nitrogen and oxygen atoms in total. The Labute approximate surface area is 123 Å². The summed E-state index contributed by atoms with van der Waals surface area (Å²) in [5, 5.41) is 0.306.